The normalized spacial score (nSPS) is 14.9. The van der Waals surface area contributed by atoms with E-state index in [1.165, 1.54) is 20.3 Å². The lowest BCUT2D eigenvalue weighted by atomic mass is 9.61. The van der Waals surface area contributed by atoms with Crippen LogP contribution in [-0.4, -0.2) is 31.1 Å². The molecule has 0 bridgehead atoms. The summed E-state index contributed by atoms with van der Waals surface area (Å²) in [5.41, 5.74) is 0.457. The van der Waals surface area contributed by atoms with Crippen LogP contribution < -0.4 is 4.90 Å². The first-order chi connectivity index (χ1) is 17.8. The number of ether oxygens (including phenoxy) is 2. The molecule has 1 heterocycles. The van der Waals surface area contributed by atoms with Crippen molar-refractivity contribution in [2.24, 2.45) is 0 Å². The van der Waals surface area contributed by atoms with Gasteiger partial charge in [-0.3, -0.25) is 10.1 Å². The van der Waals surface area contributed by atoms with Gasteiger partial charge in [0.05, 0.1) is 35.7 Å². The average molecular weight is 499 g/mol. The summed E-state index contributed by atoms with van der Waals surface area (Å²) in [7, 11) is 2.49. The topological polar surface area (TPSA) is 99.0 Å². The number of rotatable bonds is 6. The third-order valence-corrected chi connectivity index (χ3v) is 6.65. The molecular weight excluding hydrogens is 472 g/mol. The van der Waals surface area contributed by atoms with Crippen LogP contribution in [0.2, 0.25) is 0 Å². The maximum Gasteiger partial charge on any atom is 0.337 e. The van der Waals surface area contributed by atoms with Gasteiger partial charge in [-0.1, -0.05) is 66.7 Å². The number of anilines is 1. The largest absolute Gasteiger partial charge is 0.466 e. The van der Waals surface area contributed by atoms with Crippen molar-refractivity contribution < 1.29 is 24.0 Å². The van der Waals surface area contributed by atoms with E-state index in [0.29, 0.717) is 22.6 Å². The molecule has 0 radical (unpaired) electrons. The van der Waals surface area contributed by atoms with Gasteiger partial charge in [0.1, 0.15) is 0 Å². The second-order valence-electron chi connectivity index (χ2n) is 8.47. The zero-order valence-electron chi connectivity index (χ0n) is 20.9. The van der Waals surface area contributed by atoms with Crippen molar-refractivity contribution in [1.82, 2.24) is 0 Å². The number of nitro groups is 1. The molecular formula is C29H26N2O6. The molecule has 4 rings (SSSR count). The van der Waals surface area contributed by atoms with Gasteiger partial charge in [0, 0.05) is 28.7 Å². The number of esters is 2. The number of hydrogen-bond donors (Lipinski definition) is 0. The van der Waals surface area contributed by atoms with Crippen LogP contribution in [0.1, 0.15) is 25.0 Å². The number of benzene rings is 3. The number of methoxy groups -OCH3 is 2. The van der Waals surface area contributed by atoms with E-state index in [-0.39, 0.29) is 22.4 Å². The lowest BCUT2D eigenvalue weighted by molar-refractivity contribution is -0.385. The minimum Gasteiger partial charge on any atom is -0.466 e. The molecule has 188 valence electrons. The number of para-hydroxylation sites is 2. The van der Waals surface area contributed by atoms with E-state index in [1.54, 1.807) is 67.3 Å². The first-order valence-electron chi connectivity index (χ1n) is 11.5. The number of carbonyl (C=O) groups excluding carboxylic acids is 2. The molecule has 37 heavy (non-hydrogen) atoms. The Balaban J connectivity index is 2.30. The van der Waals surface area contributed by atoms with Crippen molar-refractivity contribution >= 4 is 23.3 Å². The Morgan fingerprint density at radius 1 is 0.757 bits per heavy atom. The smallest absolute Gasteiger partial charge is 0.337 e. The highest BCUT2D eigenvalue weighted by atomic mass is 16.6. The van der Waals surface area contributed by atoms with E-state index >= 15 is 0 Å². The number of nitrogens with zero attached hydrogens (tertiary/aromatic N) is 2. The molecule has 0 aromatic heterocycles. The highest BCUT2D eigenvalue weighted by Crippen LogP contribution is 2.54. The summed E-state index contributed by atoms with van der Waals surface area (Å²) >= 11 is 0. The molecule has 3 aromatic rings. The minimum atomic E-state index is -1.70. The van der Waals surface area contributed by atoms with E-state index in [1.807, 2.05) is 30.3 Å². The zero-order valence-corrected chi connectivity index (χ0v) is 20.9. The molecule has 3 aromatic carbocycles. The van der Waals surface area contributed by atoms with Crippen molar-refractivity contribution in [2.45, 2.75) is 19.3 Å². The predicted molar refractivity (Wildman–Crippen MR) is 139 cm³/mol. The van der Waals surface area contributed by atoms with Crippen LogP contribution in [0.3, 0.4) is 0 Å². The highest BCUT2D eigenvalue weighted by molar-refractivity contribution is 6.05. The van der Waals surface area contributed by atoms with Gasteiger partial charge in [0.2, 0.25) is 0 Å². The molecule has 0 aliphatic carbocycles. The van der Waals surface area contributed by atoms with Crippen molar-refractivity contribution in [1.29, 1.82) is 0 Å². The monoisotopic (exact) mass is 498 g/mol. The standard InChI is InChI=1S/C29H26N2O6/c1-19-25(27(32)36-3)29(21-13-7-5-8-14-21,23-17-11-12-18-24(23)31(34)35)26(28(33)37-4)20(2)30(19)22-15-9-6-10-16-22/h5-18H,1-4H3. The SMILES string of the molecule is COC(=O)C1=C(C)N(c2ccccc2)C(C)=C(C(=O)OC)C1(c1ccccc1)c1ccccc1[N+](=O)[O-]. The average Bonchev–Trinajstić information content (AvgIpc) is 2.93. The van der Waals surface area contributed by atoms with Crippen molar-refractivity contribution in [3.63, 3.8) is 0 Å². The summed E-state index contributed by atoms with van der Waals surface area (Å²) in [5, 5.41) is 12.3. The fourth-order valence-electron chi connectivity index (χ4n) is 5.26. The summed E-state index contributed by atoms with van der Waals surface area (Å²) in [5.74, 6) is -1.45. The Hall–Kier alpha value is -4.72. The second-order valence-corrected chi connectivity index (χ2v) is 8.47. The molecule has 1 aliphatic rings. The molecule has 0 N–H and O–H groups in total. The summed E-state index contributed by atoms with van der Waals surface area (Å²) < 4.78 is 10.5. The van der Waals surface area contributed by atoms with E-state index in [4.69, 9.17) is 9.47 Å². The van der Waals surface area contributed by atoms with Gasteiger partial charge in [-0.2, -0.15) is 0 Å². The fraction of sp³-hybridized carbons (Fsp3) is 0.172. The molecule has 0 saturated heterocycles. The first-order valence-corrected chi connectivity index (χ1v) is 11.5. The predicted octanol–water partition coefficient (Wildman–Crippen LogP) is 5.30. The molecule has 8 heteroatoms. The quantitative estimate of drug-likeness (QED) is 0.258. The Morgan fingerprint density at radius 2 is 1.22 bits per heavy atom. The van der Waals surface area contributed by atoms with Gasteiger partial charge in [-0.25, -0.2) is 9.59 Å². The van der Waals surface area contributed by atoms with Gasteiger partial charge in [0.25, 0.3) is 5.69 Å². The van der Waals surface area contributed by atoms with Gasteiger partial charge >= 0.3 is 11.9 Å². The first kappa shape index (κ1) is 25.4. The molecule has 8 nitrogen and oxygen atoms in total. The van der Waals surface area contributed by atoms with Gasteiger partial charge in [-0.15, -0.1) is 0 Å². The lowest BCUT2D eigenvalue weighted by Gasteiger charge is -2.45. The van der Waals surface area contributed by atoms with Gasteiger partial charge < -0.3 is 14.4 Å². The van der Waals surface area contributed by atoms with Gasteiger partial charge in [0.15, 0.2) is 0 Å². The Morgan fingerprint density at radius 3 is 1.70 bits per heavy atom. The summed E-state index contributed by atoms with van der Waals surface area (Å²) in [6.07, 6.45) is 0. The third kappa shape index (κ3) is 3.96. The van der Waals surface area contributed by atoms with Crippen LogP contribution in [0.5, 0.6) is 0 Å². The molecule has 0 spiro atoms. The van der Waals surface area contributed by atoms with Crippen LogP contribution in [0.25, 0.3) is 0 Å². The fourth-order valence-corrected chi connectivity index (χ4v) is 5.26. The Bertz CT molecular complexity index is 1390. The Labute approximate surface area is 214 Å². The second kappa shape index (κ2) is 10.1. The van der Waals surface area contributed by atoms with Crippen LogP contribution in [0.15, 0.2) is 107 Å². The minimum absolute atomic E-state index is 0.0744. The van der Waals surface area contributed by atoms with E-state index in [9.17, 15) is 19.7 Å². The summed E-state index contributed by atoms with van der Waals surface area (Å²) in [6, 6.07) is 24.1. The van der Waals surface area contributed by atoms with Crippen LogP contribution in [0.4, 0.5) is 11.4 Å². The van der Waals surface area contributed by atoms with Crippen molar-refractivity contribution in [3.8, 4) is 0 Å². The molecule has 0 saturated carbocycles. The third-order valence-electron chi connectivity index (χ3n) is 6.65. The number of carbonyl (C=O) groups is 2. The molecule has 0 amide bonds. The lowest BCUT2D eigenvalue weighted by Crippen LogP contribution is -2.47. The summed E-state index contributed by atoms with van der Waals surface area (Å²) in [6.45, 7) is 3.48. The number of nitro benzene ring substituents is 1. The molecule has 0 unspecified atom stereocenters. The molecule has 0 atom stereocenters. The maximum atomic E-state index is 13.7. The molecule has 0 fully saturated rings. The van der Waals surface area contributed by atoms with Crippen LogP contribution in [0, 0.1) is 10.1 Å². The van der Waals surface area contributed by atoms with E-state index in [0.717, 1.165) is 0 Å². The van der Waals surface area contributed by atoms with E-state index in [2.05, 4.69) is 0 Å². The van der Waals surface area contributed by atoms with E-state index < -0.39 is 22.3 Å². The van der Waals surface area contributed by atoms with Crippen molar-refractivity contribution in [3.05, 3.63) is 129 Å². The molecule has 1 aliphatic heterocycles. The van der Waals surface area contributed by atoms with Crippen LogP contribution in [-0.2, 0) is 24.5 Å². The van der Waals surface area contributed by atoms with Crippen LogP contribution >= 0.6 is 0 Å². The number of allylic oxidation sites excluding steroid dienone is 2. The summed E-state index contributed by atoms with van der Waals surface area (Å²) in [4.78, 5) is 41.0. The highest BCUT2D eigenvalue weighted by Gasteiger charge is 2.56. The Kier molecular flexibility index (Phi) is 6.93. The number of hydrogen-bond acceptors (Lipinski definition) is 7. The zero-order chi connectivity index (χ0) is 26.7. The van der Waals surface area contributed by atoms with Crippen molar-refractivity contribution in [2.75, 3.05) is 19.1 Å². The van der Waals surface area contributed by atoms with Gasteiger partial charge in [-0.05, 0) is 31.5 Å². The maximum absolute atomic E-state index is 13.7.